The Morgan fingerprint density at radius 1 is 1.07 bits per heavy atom. The van der Waals surface area contributed by atoms with Gasteiger partial charge in [0.05, 0.1) is 0 Å². The lowest BCUT2D eigenvalue weighted by Gasteiger charge is -2.20. The second-order valence-corrected chi connectivity index (χ2v) is 7.02. The summed E-state index contributed by atoms with van der Waals surface area (Å²) in [7, 11) is 2.30. The van der Waals surface area contributed by atoms with Crippen LogP contribution in [0, 0.1) is 35.0 Å². The van der Waals surface area contributed by atoms with Gasteiger partial charge in [-0.25, -0.2) is 0 Å². The Kier molecular flexibility index (Phi) is 2.03. The lowest BCUT2D eigenvalue weighted by molar-refractivity contribution is 0.279. The minimum Gasteiger partial charge on any atom is -0.306 e. The molecule has 5 unspecified atom stereocenters. The summed E-state index contributed by atoms with van der Waals surface area (Å²) in [5.74, 6) is 5.17. The molecule has 2 saturated carbocycles. The van der Waals surface area contributed by atoms with E-state index < -0.39 is 0 Å². The molecule has 1 heterocycles. The molecule has 0 spiro atoms. The van der Waals surface area contributed by atoms with Crippen molar-refractivity contribution in [2.45, 2.75) is 33.6 Å². The van der Waals surface area contributed by atoms with Gasteiger partial charge in [0.2, 0.25) is 0 Å². The number of nitrogens with zero attached hydrogens (tertiary/aromatic N) is 1. The van der Waals surface area contributed by atoms with Crippen LogP contribution in [0.2, 0.25) is 0 Å². The van der Waals surface area contributed by atoms with E-state index in [4.69, 9.17) is 0 Å². The predicted molar refractivity (Wildman–Crippen MR) is 63.6 cm³/mol. The summed E-state index contributed by atoms with van der Waals surface area (Å²) in [4.78, 5) is 2.56. The first-order valence-electron chi connectivity index (χ1n) is 6.70. The Hall–Kier alpha value is -0.0400. The highest BCUT2D eigenvalue weighted by Crippen LogP contribution is 2.66. The first-order chi connectivity index (χ1) is 7.01. The summed E-state index contributed by atoms with van der Waals surface area (Å²) in [5, 5.41) is 0. The maximum atomic E-state index is 2.56. The smallest absolute Gasteiger partial charge is 0.00126 e. The fourth-order valence-corrected chi connectivity index (χ4v) is 4.84. The first kappa shape index (κ1) is 10.1. The van der Waals surface area contributed by atoms with Crippen LogP contribution in [0.3, 0.4) is 0 Å². The fraction of sp³-hybridized carbons (Fsp3) is 1.00. The molecule has 0 aromatic heterocycles. The molecule has 3 fully saturated rings. The third-order valence-corrected chi connectivity index (χ3v) is 6.02. The van der Waals surface area contributed by atoms with Crippen molar-refractivity contribution < 1.29 is 0 Å². The van der Waals surface area contributed by atoms with Crippen LogP contribution in [0.25, 0.3) is 0 Å². The molecule has 86 valence electrons. The van der Waals surface area contributed by atoms with E-state index in [2.05, 4.69) is 32.7 Å². The first-order valence-corrected chi connectivity index (χ1v) is 6.70. The van der Waals surface area contributed by atoms with Crippen molar-refractivity contribution in [1.82, 2.24) is 4.90 Å². The van der Waals surface area contributed by atoms with Gasteiger partial charge in [-0.15, -0.1) is 0 Å². The van der Waals surface area contributed by atoms with E-state index in [1.807, 2.05) is 0 Å². The molecule has 5 atom stereocenters. The topological polar surface area (TPSA) is 3.24 Å². The van der Waals surface area contributed by atoms with Gasteiger partial charge in [-0.2, -0.15) is 0 Å². The highest BCUT2D eigenvalue weighted by molar-refractivity contribution is 5.09. The summed E-state index contributed by atoms with van der Waals surface area (Å²) < 4.78 is 0. The van der Waals surface area contributed by atoms with Crippen LogP contribution in [0.4, 0.5) is 0 Å². The van der Waals surface area contributed by atoms with Crippen LogP contribution in [0.5, 0.6) is 0 Å². The highest BCUT2D eigenvalue weighted by Gasteiger charge is 2.61. The zero-order chi connectivity index (χ0) is 10.8. The molecule has 3 aliphatic rings. The highest BCUT2D eigenvalue weighted by atomic mass is 15.1. The second kappa shape index (κ2) is 3.00. The van der Waals surface area contributed by atoms with Crippen LogP contribution in [-0.2, 0) is 0 Å². The number of fused-ring (bicyclic) bond motifs is 1. The number of hydrogen-bond donors (Lipinski definition) is 0. The van der Waals surface area contributed by atoms with Gasteiger partial charge in [0.1, 0.15) is 0 Å². The van der Waals surface area contributed by atoms with Crippen LogP contribution in [0.15, 0.2) is 0 Å². The van der Waals surface area contributed by atoms with E-state index in [0.717, 1.165) is 29.6 Å². The summed E-state index contributed by atoms with van der Waals surface area (Å²) in [6, 6.07) is 0. The van der Waals surface area contributed by atoms with Crippen molar-refractivity contribution in [3.05, 3.63) is 0 Å². The lowest BCUT2D eigenvalue weighted by atomic mass is 9.86. The molecule has 0 radical (unpaired) electrons. The number of rotatable bonds is 1. The predicted octanol–water partition coefficient (Wildman–Crippen LogP) is 2.87. The van der Waals surface area contributed by atoms with Gasteiger partial charge in [-0.1, -0.05) is 20.8 Å². The minimum atomic E-state index is 0.653. The van der Waals surface area contributed by atoms with E-state index in [1.54, 1.807) is 0 Å². The summed E-state index contributed by atoms with van der Waals surface area (Å²) in [6.45, 7) is 10.2. The second-order valence-electron chi connectivity index (χ2n) is 7.02. The molecule has 0 amide bonds. The van der Waals surface area contributed by atoms with Crippen LogP contribution in [0.1, 0.15) is 33.6 Å². The summed E-state index contributed by atoms with van der Waals surface area (Å²) >= 11 is 0. The molecule has 1 saturated heterocycles. The van der Waals surface area contributed by atoms with Crippen molar-refractivity contribution in [2.24, 2.45) is 35.0 Å². The number of hydrogen-bond acceptors (Lipinski definition) is 1. The quantitative estimate of drug-likeness (QED) is 0.639. The van der Waals surface area contributed by atoms with Gasteiger partial charge in [0.25, 0.3) is 0 Å². The van der Waals surface area contributed by atoms with Crippen LogP contribution in [-0.4, -0.2) is 25.0 Å². The molecule has 3 rings (SSSR count). The Bertz CT molecular complexity index is 271. The minimum absolute atomic E-state index is 0.653. The zero-order valence-electron chi connectivity index (χ0n) is 10.7. The Morgan fingerprint density at radius 2 is 1.73 bits per heavy atom. The van der Waals surface area contributed by atoms with Gasteiger partial charge in [0, 0.05) is 13.1 Å². The van der Waals surface area contributed by atoms with Crippen LogP contribution < -0.4 is 0 Å². The SMILES string of the molecule is CC1C(C2CCC3CN(C)CC32)C1(C)C. The van der Waals surface area contributed by atoms with E-state index in [1.165, 1.54) is 25.9 Å². The molecule has 15 heavy (non-hydrogen) atoms. The summed E-state index contributed by atoms with van der Waals surface area (Å²) in [6.07, 6.45) is 3.04. The van der Waals surface area contributed by atoms with Gasteiger partial charge < -0.3 is 4.90 Å². The van der Waals surface area contributed by atoms with Gasteiger partial charge in [0.15, 0.2) is 0 Å². The summed E-state index contributed by atoms with van der Waals surface area (Å²) in [5.41, 5.74) is 0.653. The maximum Gasteiger partial charge on any atom is 0.00126 e. The molecule has 0 bridgehead atoms. The van der Waals surface area contributed by atoms with Crippen molar-refractivity contribution in [3.63, 3.8) is 0 Å². The zero-order valence-corrected chi connectivity index (χ0v) is 10.7. The molecule has 1 heteroatoms. The van der Waals surface area contributed by atoms with Gasteiger partial charge in [-0.05, 0) is 54.9 Å². The van der Waals surface area contributed by atoms with E-state index >= 15 is 0 Å². The van der Waals surface area contributed by atoms with E-state index in [9.17, 15) is 0 Å². The Morgan fingerprint density at radius 3 is 2.33 bits per heavy atom. The lowest BCUT2D eigenvalue weighted by Crippen LogP contribution is -2.20. The average Bonchev–Trinajstić information content (AvgIpc) is 2.56. The molecule has 0 N–H and O–H groups in total. The third-order valence-electron chi connectivity index (χ3n) is 6.02. The van der Waals surface area contributed by atoms with E-state index in [0.29, 0.717) is 5.41 Å². The molecule has 1 nitrogen and oxygen atoms in total. The maximum absolute atomic E-state index is 2.56. The van der Waals surface area contributed by atoms with Crippen molar-refractivity contribution >= 4 is 0 Å². The van der Waals surface area contributed by atoms with E-state index in [-0.39, 0.29) is 0 Å². The molecule has 0 aromatic rings. The van der Waals surface area contributed by atoms with Gasteiger partial charge >= 0.3 is 0 Å². The Labute approximate surface area is 94.2 Å². The largest absolute Gasteiger partial charge is 0.306 e. The van der Waals surface area contributed by atoms with Gasteiger partial charge in [-0.3, -0.25) is 0 Å². The third kappa shape index (κ3) is 1.32. The molecular formula is C14H25N. The molecular weight excluding hydrogens is 182 g/mol. The molecule has 1 aliphatic heterocycles. The van der Waals surface area contributed by atoms with Crippen molar-refractivity contribution in [2.75, 3.05) is 20.1 Å². The average molecular weight is 207 g/mol. The molecule has 0 aromatic carbocycles. The monoisotopic (exact) mass is 207 g/mol. The Balaban J connectivity index is 1.74. The van der Waals surface area contributed by atoms with Crippen LogP contribution >= 0.6 is 0 Å². The van der Waals surface area contributed by atoms with Crippen molar-refractivity contribution in [3.8, 4) is 0 Å². The number of likely N-dealkylation sites (tertiary alicyclic amines) is 1. The fourth-order valence-electron chi connectivity index (χ4n) is 4.84. The molecule has 2 aliphatic carbocycles. The standard InChI is InChI=1S/C14H25N/c1-9-13(14(9,2)3)11-6-5-10-7-15(4)8-12(10)11/h9-13H,5-8H2,1-4H3. The van der Waals surface area contributed by atoms with Crippen molar-refractivity contribution in [1.29, 1.82) is 0 Å². The normalized spacial score (nSPS) is 53.2.